The van der Waals surface area contributed by atoms with Crippen LogP contribution >= 0.6 is 0 Å². The first-order valence-corrected chi connectivity index (χ1v) is 1.41. The number of hydrogen-bond donors (Lipinski definition) is 0. The van der Waals surface area contributed by atoms with Gasteiger partial charge in [-0.2, -0.15) is 13.8 Å². The molecule has 2 heteroatoms. The molecule has 0 unspecified atom stereocenters. The molecule has 0 fully saturated rings. The molecule has 0 radical (unpaired) electrons. The van der Waals surface area contributed by atoms with Crippen molar-refractivity contribution in [2.45, 2.75) is 13.8 Å². The molecule has 0 bridgehead atoms. The van der Waals surface area contributed by atoms with E-state index >= 15 is 0 Å². The second-order valence-electron chi connectivity index (χ2n) is 0. The Morgan fingerprint density at radius 1 is 0.833 bits per heavy atom. The molecule has 0 spiro atoms. The Kier molecular flexibility index (Phi) is 1200. The Morgan fingerprint density at radius 2 is 0.833 bits per heavy atom. The smallest absolute Gasteiger partial charge is 0.412 e. The molecule has 0 saturated carbocycles. The predicted octanol–water partition coefficient (Wildman–Crippen LogP) is 0.475. The minimum atomic E-state index is 0. The summed E-state index contributed by atoms with van der Waals surface area (Å²) in [7, 11) is 0. The first-order chi connectivity index (χ1) is 2.00. The quantitative estimate of drug-likeness (QED) is 0.313. The summed E-state index contributed by atoms with van der Waals surface area (Å²) in [4.78, 5) is 0. The van der Waals surface area contributed by atoms with E-state index in [1.54, 1.807) is 13.8 Å². The summed E-state index contributed by atoms with van der Waals surface area (Å²) in [5.41, 5.74) is 0. The molecular weight excluding hydrogens is 88.3 g/mol. The standard InChI is InChI=1S/2C2H5.Mg.H2O/c2*1-2;;/h2*1H2,2H3;;1H2/q2*-1;+2;. The summed E-state index contributed by atoms with van der Waals surface area (Å²) in [5, 5.41) is 0. The van der Waals surface area contributed by atoms with E-state index in [4.69, 9.17) is 0 Å². The van der Waals surface area contributed by atoms with Crippen molar-refractivity contribution in [3.05, 3.63) is 13.8 Å². The number of rotatable bonds is 0. The molecule has 0 aromatic rings. The van der Waals surface area contributed by atoms with E-state index in [9.17, 15) is 0 Å². The van der Waals surface area contributed by atoms with E-state index in [2.05, 4.69) is 13.8 Å². The van der Waals surface area contributed by atoms with Gasteiger partial charge in [-0.15, -0.1) is 0 Å². The molecule has 0 amide bonds. The fraction of sp³-hybridized carbons (Fsp3) is 0.500. The molecule has 6 heavy (non-hydrogen) atoms. The zero-order valence-electron chi connectivity index (χ0n) is 4.62. The predicted molar refractivity (Wildman–Crippen MR) is 31.4 cm³/mol. The maximum atomic E-state index is 3.25. The first-order valence-electron chi connectivity index (χ1n) is 1.41. The van der Waals surface area contributed by atoms with Crippen LogP contribution in [-0.2, 0) is 0 Å². The zero-order chi connectivity index (χ0) is 4.00. The van der Waals surface area contributed by atoms with Crippen molar-refractivity contribution >= 4 is 23.1 Å². The van der Waals surface area contributed by atoms with Gasteiger partial charge in [-0.05, 0) is 0 Å². The van der Waals surface area contributed by atoms with Crippen molar-refractivity contribution < 1.29 is 5.48 Å². The average Bonchev–Trinajstić information content (AvgIpc) is 1.50. The van der Waals surface area contributed by atoms with Crippen LogP contribution < -0.4 is 0 Å². The molecule has 0 aromatic carbocycles. The van der Waals surface area contributed by atoms with Crippen molar-refractivity contribution in [1.82, 2.24) is 0 Å². The van der Waals surface area contributed by atoms with Gasteiger partial charge in [0, 0.05) is 0 Å². The summed E-state index contributed by atoms with van der Waals surface area (Å²) in [6.45, 7) is 10.0. The summed E-state index contributed by atoms with van der Waals surface area (Å²) in [6.07, 6.45) is 0. The van der Waals surface area contributed by atoms with Crippen LogP contribution in [0.4, 0.5) is 0 Å². The molecule has 0 heterocycles. The second kappa shape index (κ2) is 243. The molecular formula is C4H12MgO. The van der Waals surface area contributed by atoms with Gasteiger partial charge in [0.05, 0.1) is 0 Å². The number of hydrogen-bond acceptors (Lipinski definition) is 0. The monoisotopic (exact) mass is 100 g/mol. The molecule has 36 valence electrons. The van der Waals surface area contributed by atoms with Gasteiger partial charge in [0.1, 0.15) is 0 Å². The second-order valence-corrected chi connectivity index (χ2v) is 0. The van der Waals surface area contributed by atoms with Gasteiger partial charge < -0.3 is 19.3 Å². The minimum Gasteiger partial charge on any atom is -0.412 e. The van der Waals surface area contributed by atoms with Gasteiger partial charge in [0.2, 0.25) is 0 Å². The topological polar surface area (TPSA) is 31.5 Å². The van der Waals surface area contributed by atoms with Gasteiger partial charge in [-0.25, -0.2) is 0 Å². The Bertz CT molecular complexity index is 7.51. The Morgan fingerprint density at radius 3 is 0.833 bits per heavy atom. The first kappa shape index (κ1) is 29.7. The van der Waals surface area contributed by atoms with E-state index in [-0.39, 0.29) is 28.5 Å². The van der Waals surface area contributed by atoms with Gasteiger partial charge in [0.15, 0.2) is 0 Å². The van der Waals surface area contributed by atoms with Gasteiger partial charge in [0.25, 0.3) is 0 Å². The van der Waals surface area contributed by atoms with Gasteiger partial charge in [-0.1, -0.05) is 0 Å². The van der Waals surface area contributed by atoms with Crippen LogP contribution in [0.2, 0.25) is 0 Å². The van der Waals surface area contributed by atoms with Crippen molar-refractivity contribution in [2.75, 3.05) is 0 Å². The van der Waals surface area contributed by atoms with Crippen molar-refractivity contribution in [3.8, 4) is 0 Å². The van der Waals surface area contributed by atoms with Crippen LogP contribution in [0.25, 0.3) is 0 Å². The van der Waals surface area contributed by atoms with Crippen LogP contribution in [0.15, 0.2) is 0 Å². The summed E-state index contributed by atoms with van der Waals surface area (Å²) >= 11 is 0. The maximum Gasteiger partial charge on any atom is 2.00 e. The average molecular weight is 100 g/mol. The molecule has 0 saturated heterocycles. The minimum absolute atomic E-state index is 0. The van der Waals surface area contributed by atoms with E-state index < -0.39 is 0 Å². The SMILES string of the molecule is O.[CH2-]C.[CH2-]C.[Mg+2]. The molecule has 0 aliphatic rings. The fourth-order valence-corrected chi connectivity index (χ4v) is 0. The normalized spacial score (nSPS) is 2.00. The molecule has 0 aliphatic carbocycles. The third-order valence-corrected chi connectivity index (χ3v) is 0. The Hall–Kier alpha value is 0.726. The summed E-state index contributed by atoms with van der Waals surface area (Å²) in [6, 6.07) is 0. The molecule has 1 nitrogen and oxygen atoms in total. The summed E-state index contributed by atoms with van der Waals surface area (Å²) < 4.78 is 0. The third kappa shape index (κ3) is 124. The van der Waals surface area contributed by atoms with E-state index in [0.717, 1.165) is 0 Å². The van der Waals surface area contributed by atoms with Gasteiger partial charge >= 0.3 is 23.1 Å². The van der Waals surface area contributed by atoms with Crippen molar-refractivity contribution in [1.29, 1.82) is 0 Å². The Labute approximate surface area is 56.6 Å². The molecule has 0 aliphatic heterocycles. The third-order valence-electron chi connectivity index (χ3n) is 0. The molecule has 0 rings (SSSR count). The van der Waals surface area contributed by atoms with Gasteiger partial charge in [-0.3, -0.25) is 0 Å². The van der Waals surface area contributed by atoms with Crippen molar-refractivity contribution in [2.24, 2.45) is 0 Å². The maximum absolute atomic E-state index is 3.25. The Balaban J connectivity index is -0.00000000500. The largest absolute Gasteiger partial charge is 2.00 e. The zero-order valence-corrected chi connectivity index (χ0v) is 6.04. The molecule has 2 N–H and O–H groups in total. The van der Waals surface area contributed by atoms with Crippen LogP contribution in [0.3, 0.4) is 0 Å². The molecule has 0 atom stereocenters. The van der Waals surface area contributed by atoms with Crippen LogP contribution in [-0.4, -0.2) is 28.5 Å². The van der Waals surface area contributed by atoms with E-state index in [0.29, 0.717) is 0 Å². The fourth-order valence-electron chi connectivity index (χ4n) is 0. The summed E-state index contributed by atoms with van der Waals surface area (Å²) in [5.74, 6) is 0. The van der Waals surface area contributed by atoms with Crippen molar-refractivity contribution in [3.63, 3.8) is 0 Å². The van der Waals surface area contributed by atoms with Crippen LogP contribution in [0.1, 0.15) is 13.8 Å². The van der Waals surface area contributed by atoms with E-state index in [1.807, 2.05) is 0 Å². The van der Waals surface area contributed by atoms with Crippen LogP contribution in [0, 0.1) is 13.8 Å². The van der Waals surface area contributed by atoms with Crippen LogP contribution in [0.5, 0.6) is 0 Å². The molecule has 0 aromatic heterocycles. The van der Waals surface area contributed by atoms with E-state index in [1.165, 1.54) is 0 Å².